The maximum atomic E-state index is 6.12. The Balaban J connectivity index is 1.92. The van der Waals surface area contributed by atoms with E-state index in [-0.39, 0.29) is 0 Å². The second-order valence-corrected chi connectivity index (χ2v) is 5.43. The molecule has 0 amide bonds. The first-order valence-electron chi connectivity index (χ1n) is 7.11. The summed E-state index contributed by atoms with van der Waals surface area (Å²) in [5.74, 6) is 1.06. The highest BCUT2D eigenvalue weighted by Crippen LogP contribution is 2.38. The predicted molar refractivity (Wildman–Crippen MR) is 82.8 cm³/mol. The van der Waals surface area contributed by atoms with Gasteiger partial charge < -0.3 is 4.42 Å². The molecule has 0 N–H and O–H groups in total. The lowest BCUT2D eigenvalue weighted by molar-refractivity contribution is 0.591. The number of aryl methyl sites for hydroxylation is 2. The number of para-hydroxylation sites is 1. The molecule has 0 aliphatic heterocycles. The fourth-order valence-corrected chi connectivity index (χ4v) is 3.00. The van der Waals surface area contributed by atoms with Crippen LogP contribution in [0, 0.1) is 6.92 Å². The van der Waals surface area contributed by atoms with Crippen LogP contribution < -0.4 is 0 Å². The van der Waals surface area contributed by atoms with Crippen molar-refractivity contribution in [2.45, 2.75) is 19.8 Å². The van der Waals surface area contributed by atoms with Gasteiger partial charge in [-0.05, 0) is 31.4 Å². The molecule has 0 spiro atoms. The molecule has 4 rings (SSSR count). The Bertz CT molecular complexity index is 803. The summed E-state index contributed by atoms with van der Waals surface area (Å²) in [4.78, 5) is 0. The highest BCUT2D eigenvalue weighted by Gasteiger charge is 2.21. The Hall–Kier alpha value is -2.28. The van der Waals surface area contributed by atoms with Crippen LogP contribution in [0.5, 0.6) is 0 Å². The number of furan rings is 1. The van der Waals surface area contributed by atoms with E-state index >= 15 is 0 Å². The van der Waals surface area contributed by atoms with Gasteiger partial charge in [0.25, 0.3) is 0 Å². The van der Waals surface area contributed by atoms with Crippen LogP contribution in [0.15, 0.2) is 59.0 Å². The number of hydrogen-bond acceptors (Lipinski definition) is 1. The van der Waals surface area contributed by atoms with Crippen LogP contribution >= 0.6 is 0 Å². The lowest BCUT2D eigenvalue weighted by atomic mass is 9.91. The monoisotopic (exact) mass is 260 g/mol. The summed E-state index contributed by atoms with van der Waals surface area (Å²) < 4.78 is 6.12. The summed E-state index contributed by atoms with van der Waals surface area (Å²) in [6.45, 7) is 2.12. The van der Waals surface area contributed by atoms with Crippen molar-refractivity contribution < 1.29 is 4.42 Å². The van der Waals surface area contributed by atoms with E-state index in [1.54, 1.807) is 0 Å². The number of fused-ring (bicyclic) bond motifs is 3. The molecule has 3 aromatic rings. The maximum absolute atomic E-state index is 6.12. The normalized spacial score (nSPS) is 14.2. The van der Waals surface area contributed by atoms with Gasteiger partial charge in [0.15, 0.2) is 0 Å². The molecule has 98 valence electrons. The Morgan fingerprint density at radius 3 is 2.60 bits per heavy atom. The number of rotatable bonds is 1. The molecule has 0 atom stereocenters. The molecule has 0 radical (unpaired) electrons. The largest absolute Gasteiger partial charge is 0.456 e. The van der Waals surface area contributed by atoms with Gasteiger partial charge in [-0.25, -0.2) is 0 Å². The van der Waals surface area contributed by atoms with Gasteiger partial charge >= 0.3 is 0 Å². The van der Waals surface area contributed by atoms with Crippen LogP contribution in [0.3, 0.4) is 0 Å². The van der Waals surface area contributed by atoms with Crippen LogP contribution in [0.2, 0.25) is 0 Å². The third-order valence-corrected chi connectivity index (χ3v) is 4.05. The zero-order chi connectivity index (χ0) is 13.5. The third kappa shape index (κ3) is 1.70. The Morgan fingerprint density at radius 1 is 0.950 bits per heavy atom. The maximum Gasteiger partial charge on any atom is 0.138 e. The van der Waals surface area contributed by atoms with E-state index in [0.29, 0.717) is 0 Å². The molecule has 1 aromatic heterocycles. The second-order valence-electron chi connectivity index (χ2n) is 5.43. The van der Waals surface area contributed by atoms with E-state index in [4.69, 9.17) is 4.42 Å². The average Bonchev–Trinajstić information content (AvgIpc) is 2.87. The van der Waals surface area contributed by atoms with Crippen molar-refractivity contribution in [2.24, 2.45) is 0 Å². The van der Waals surface area contributed by atoms with Crippen LogP contribution in [-0.4, -0.2) is 0 Å². The molecular weight excluding hydrogens is 244 g/mol. The zero-order valence-electron chi connectivity index (χ0n) is 11.5. The van der Waals surface area contributed by atoms with E-state index in [1.807, 2.05) is 6.07 Å². The highest BCUT2D eigenvalue weighted by molar-refractivity contribution is 5.91. The van der Waals surface area contributed by atoms with Crippen molar-refractivity contribution in [3.8, 4) is 0 Å². The van der Waals surface area contributed by atoms with Gasteiger partial charge in [0, 0.05) is 16.5 Å². The van der Waals surface area contributed by atoms with Crippen molar-refractivity contribution >= 4 is 16.5 Å². The summed E-state index contributed by atoms with van der Waals surface area (Å²) in [5, 5.41) is 1.26. The van der Waals surface area contributed by atoms with Gasteiger partial charge in [0.1, 0.15) is 11.3 Å². The Labute approximate surface area is 118 Å². The van der Waals surface area contributed by atoms with Crippen LogP contribution in [0.1, 0.15) is 28.9 Å². The van der Waals surface area contributed by atoms with E-state index in [2.05, 4.69) is 55.5 Å². The molecule has 2 aromatic carbocycles. The van der Waals surface area contributed by atoms with Gasteiger partial charge in [-0.3, -0.25) is 0 Å². The van der Waals surface area contributed by atoms with Crippen molar-refractivity contribution in [3.63, 3.8) is 0 Å². The van der Waals surface area contributed by atoms with E-state index in [1.165, 1.54) is 27.6 Å². The highest BCUT2D eigenvalue weighted by atomic mass is 16.3. The molecule has 1 aliphatic carbocycles. The summed E-state index contributed by atoms with van der Waals surface area (Å²) in [6.07, 6.45) is 4.46. The molecule has 0 fully saturated rings. The van der Waals surface area contributed by atoms with Gasteiger partial charge in [-0.2, -0.15) is 0 Å². The molecule has 0 saturated carbocycles. The predicted octanol–water partition coefficient (Wildman–Crippen LogP) is 5.12. The fraction of sp³-hybridized carbons (Fsp3) is 0.158. The van der Waals surface area contributed by atoms with Crippen LogP contribution in [0.25, 0.3) is 16.5 Å². The minimum atomic E-state index is 0.998. The molecule has 0 bridgehead atoms. The van der Waals surface area contributed by atoms with Gasteiger partial charge in [0.2, 0.25) is 0 Å². The lowest BCUT2D eigenvalue weighted by Crippen LogP contribution is -1.98. The molecule has 1 nitrogen and oxygen atoms in total. The standard InChI is InChI=1S/C19H16O/c1-13-9-11-14(12-10-13)15-6-4-7-17-16-5-2-3-8-18(16)20-19(15)17/h2-3,5-6,8-12H,4,7H2,1H3. The Morgan fingerprint density at radius 2 is 1.75 bits per heavy atom. The minimum Gasteiger partial charge on any atom is -0.456 e. The van der Waals surface area contributed by atoms with Gasteiger partial charge in [0.05, 0.1) is 0 Å². The summed E-state index contributed by atoms with van der Waals surface area (Å²) >= 11 is 0. The molecule has 1 aliphatic rings. The quantitative estimate of drug-likeness (QED) is 0.592. The molecular formula is C19H16O. The molecule has 0 unspecified atom stereocenters. The molecule has 1 heterocycles. The van der Waals surface area contributed by atoms with E-state index in [9.17, 15) is 0 Å². The van der Waals surface area contributed by atoms with Crippen molar-refractivity contribution in [3.05, 3.63) is 77.1 Å². The zero-order valence-corrected chi connectivity index (χ0v) is 11.5. The first-order chi connectivity index (χ1) is 9.83. The summed E-state index contributed by atoms with van der Waals surface area (Å²) in [6, 6.07) is 17.0. The van der Waals surface area contributed by atoms with Crippen molar-refractivity contribution in [1.82, 2.24) is 0 Å². The topological polar surface area (TPSA) is 13.1 Å². The fourth-order valence-electron chi connectivity index (χ4n) is 3.00. The lowest BCUT2D eigenvalue weighted by Gasteiger charge is -2.13. The molecule has 20 heavy (non-hydrogen) atoms. The van der Waals surface area contributed by atoms with Crippen LogP contribution in [-0.2, 0) is 6.42 Å². The first kappa shape index (κ1) is 11.5. The van der Waals surface area contributed by atoms with Crippen LogP contribution in [0.4, 0.5) is 0 Å². The number of allylic oxidation sites excluding steroid dienone is 1. The minimum absolute atomic E-state index is 0.998. The summed E-state index contributed by atoms with van der Waals surface area (Å²) in [5.41, 5.74) is 6.13. The van der Waals surface area contributed by atoms with E-state index < -0.39 is 0 Å². The second kappa shape index (κ2) is 4.38. The first-order valence-corrected chi connectivity index (χ1v) is 7.11. The smallest absolute Gasteiger partial charge is 0.138 e. The van der Waals surface area contributed by atoms with Crippen molar-refractivity contribution in [2.75, 3.05) is 0 Å². The number of benzene rings is 2. The Kier molecular flexibility index (Phi) is 2.53. The SMILES string of the molecule is Cc1ccc(C2=CCCc3c2oc2ccccc32)cc1. The van der Waals surface area contributed by atoms with Gasteiger partial charge in [-0.1, -0.05) is 54.1 Å². The average molecular weight is 260 g/mol. The summed E-state index contributed by atoms with van der Waals surface area (Å²) in [7, 11) is 0. The number of hydrogen-bond donors (Lipinski definition) is 0. The van der Waals surface area contributed by atoms with E-state index in [0.717, 1.165) is 24.2 Å². The van der Waals surface area contributed by atoms with Gasteiger partial charge in [-0.15, -0.1) is 0 Å². The molecule has 0 saturated heterocycles. The van der Waals surface area contributed by atoms with Crippen molar-refractivity contribution in [1.29, 1.82) is 0 Å². The third-order valence-electron chi connectivity index (χ3n) is 4.05. The molecule has 1 heteroatoms.